The smallest absolute Gasteiger partial charge is 0.279 e. The molecule has 0 unspecified atom stereocenters. The Kier molecular flexibility index (Phi) is 9.40. The minimum absolute atomic E-state index is 0. The van der Waals surface area contributed by atoms with Crippen molar-refractivity contribution in [1.29, 1.82) is 0 Å². The van der Waals surface area contributed by atoms with Gasteiger partial charge < -0.3 is 11.5 Å². The van der Waals surface area contributed by atoms with E-state index in [2.05, 4.69) is 6.92 Å². The predicted molar refractivity (Wildman–Crippen MR) is 49.9 cm³/mol. The van der Waals surface area contributed by atoms with E-state index in [1.807, 2.05) is 20.3 Å². The zero-order valence-electron chi connectivity index (χ0n) is 8.76. The molecule has 0 spiro atoms. The van der Waals surface area contributed by atoms with Gasteiger partial charge >= 0.3 is 0 Å². The molecule has 0 rings (SSSR count). The Hall–Kier alpha value is 0.353. The second-order valence-electron chi connectivity index (χ2n) is 3.16. The fraction of sp³-hybridized carbons (Fsp3) is 0.800. The summed E-state index contributed by atoms with van der Waals surface area (Å²) in [7, 11) is 0. The average molecular weight is 262 g/mol. The number of carbonyl (C=O) groups is 1. The van der Waals surface area contributed by atoms with Crippen molar-refractivity contribution in [3.05, 3.63) is 6.42 Å². The van der Waals surface area contributed by atoms with Gasteiger partial charge in [0.15, 0.2) is 0 Å². The van der Waals surface area contributed by atoms with E-state index in [-0.39, 0.29) is 26.2 Å². The predicted octanol–water partition coefficient (Wildman–Crippen LogP) is 2.88. The van der Waals surface area contributed by atoms with Crippen LogP contribution >= 0.6 is 0 Å². The molecule has 0 fully saturated rings. The number of rotatable bonds is 6. The van der Waals surface area contributed by atoms with Gasteiger partial charge in [0.25, 0.3) is 5.97 Å². The van der Waals surface area contributed by atoms with Gasteiger partial charge in [-0.05, 0) is 0 Å². The van der Waals surface area contributed by atoms with Crippen LogP contribution in [0.2, 0.25) is 0 Å². The quantitative estimate of drug-likeness (QED) is 0.747. The summed E-state index contributed by atoms with van der Waals surface area (Å²) < 4.78 is 0. The van der Waals surface area contributed by atoms with Crippen LogP contribution in [0, 0.1) is 11.8 Å². The maximum atomic E-state index is 11.0. The molecule has 0 bridgehead atoms. The first kappa shape index (κ1) is 15.8. The third kappa shape index (κ3) is 4.40. The molecule has 1 N–H and O–H groups in total. The van der Waals surface area contributed by atoms with Crippen molar-refractivity contribution in [2.75, 3.05) is 0 Å². The molecule has 0 aromatic rings. The summed E-state index contributed by atoms with van der Waals surface area (Å²) in [6.45, 7) is 5.93. The summed E-state index contributed by atoms with van der Waals surface area (Å²) in [6.07, 6.45) is 5.26. The van der Waals surface area contributed by atoms with Gasteiger partial charge in [0, 0.05) is 26.2 Å². The van der Waals surface area contributed by atoms with Gasteiger partial charge in [-0.2, -0.15) is 6.42 Å². The fourth-order valence-corrected chi connectivity index (χ4v) is 1.35. The molecule has 0 aliphatic carbocycles. The standard InChI is InChI=1S/C10H19O2.Zr/c1-4-7-8-10(5-2,6-3)9(11)12;/h8H,4-7H2,1-3H3,(H,11,12);/q-1;. The van der Waals surface area contributed by atoms with E-state index >= 15 is 0 Å². The van der Waals surface area contributed by atoms with E-state index in [0.29, 0.717) is 12.8 Å². The number of unbranched alkanes of at least 4 members (excludes halogenated alkanes) is 1. The molecule has 0 aliphatic heterocycles. The molecular formula is C10H19O2Zr-. The first-order valence-electron chi connectivity index (χ1n) is 4.70. The average Bonchev–Trinajstić information content (AvgIpc) is 2.07. The van der Waals surface area contributed by atoms with Crippen LogP contribution in [0.25, 0.3) is 0 Å². The zero-order chi connectivity index (χ0) is 9.61. The van der Waals surface area contributed by atoms with E-state index in [1.165, 1.54) is 0 Å². The summed E-state index contributed by atoms with van der Waals surface area (Å²) in [5.74, 6) is -0.680. The molecule has 0 heterocycles. The molecule has 0 aromatic carbocycles. The van der Waals surface area contributed by atoms with Crippen LogP contribution in [0.15, 0.2) is 0 Å². The number of hydrogen-bond acceptors (Lipinski definition) is 1. The normalized spacial score (nSPS) is 10.7. The third-order valence-corrected chi connectivity index (χ3v) is 2.51. The summed E-state index contributed by atoms with van der Waals surface area (Å²) in [6, 6.07) is 0. The van der Waals surface area contributed by atoms with Gasteiger partial charge in [-0.25, -0.2) is 0 Å². The molecule has 0 saturated carbocycles. The van der Waals surface area contributed by atoms with Crippen molar-refractivity contribution in [3.8, 4) is 0 Å². The van der Waals surface area contributed by atoms with Crippen LogP contribution in [0.3, 0.4) is 0 Å². The Balaban J connectivity index is 0. The molecule has 76 valence electrons. The SMILES string of the molecule is CCC[CH-]C(CC)(CC)C(=O)O.[Zr]. The van der Waals surface area contributed by atoms with E-state index in [1.54, 1.807) is 0 Å². The van der Waals surface area contributed by atoms with Crippen molar-refractivity contribution in [1.82, 2.24) is 0 Å². The zero-order valence-corrected chi connectivity index (χ0v) is 11.2. The first-order chi connectivity index (χ1) is 5.63. The van der Waals surface area contributed by atoms with Gasteiger partial charge in [-0.1, -0.05) is 45.4 Å². The number of carboxylic acid groups (broad SMARTS) is 1. The van der Waals surface area contributed by atoms with E-state index < -0.39 is 11.4 Å². The number of aliphatic carboxylic acids is 1. The summed E-state index contributed by atoms with van der Waals surface area (Å²) in [5.41, 5.74) is -0.573. The van der Waals surface area contributed by atoms with Gasteiger partial charge in [-0.3, -0.25) is 4.79 Å². The summed E-state index contributed by atoms with van der Waals surface area (Å²) in [4.78, 5) is 11.0. The Morgan fingerprint density at radius 1 is 1.31 bits per heavy atom. The Morgan fingerprint density at radius 2 is 1.77 bits per heavy atom. The van der Waals surface area contributed by atoms with Crippen LogP contribution in [-0.2, 0) is 31.0 Å². The number of carboxylic acids is 1. The van der Waals surface area contributed by atoms with Crippen LogP contribution in [0.1, 0.15) is 46.5 Å². The molecule has 0 radical (unpaired) electrons. The Bertz CT molecular complexity index is 142. The van der Waals surface area contributed by atoms with Gasteiger partial charge in [0.1, 0.15) is 0 Å². The summed E-state index contributed by atoms with van der Waals surface area (Å²) in [5, 5.41) is 9.02. The van der Waals surface area contributed by atoms with E-state index in [4.69, 9.17) is 5.11 Å². The van der Waals surface area contributed by atoms with Crippen molar-refractivity contribution < 1.29 is 36.1 Å². The van der Waals surface area contributed by atoms with Crippen molar-refractivity contribution in [3.63, 3.8) is 0 Å². The van der Waals surface area contributed by atoms with Gasteiger partial charge in [0.2, 0.25) is 0 Å². The second kappa shape index (κ2) is 7.73. The molecule has 0 atom stereocenters. The van der Waals surface area contributed by atoms with Crippen LogP contribution in [0.4, 0.5) is 0 Å². The molecule has 3 heteroatoms. The molecule has 0 aromatic heterocycles. The van der Waals surface area contributed by atoms with E-state index in [9.17, 15) is 4.79 Å². The molecular weight excluding hydrogens is 243 g/mol. The topological polar surface area (TPSA) is 37.3 Å². The largest absolute Gasteiger partial charge is 0.483 e. The minimum atomic E-state index is -0.680. The maximum absolute atomic E-state index is 11.0. The molecule has 0 amide bonds. The van der Waals surface area contributed by atoms with Crippen LogP contribution in [0.5, 0.6) is 0 Å². The monoisotopic (exact) mass is 261 g/mol. The molecule has 2 nitrogen and oxygen atoms in total. The third-order valence-electron chi connectivity index (χ3n) is 2.51. The molecule has 0 aliphatic rings. The molecule has 13 heavy (non-hydrogen) atoms. The van der Waals surface area contributed by atoms with Crippen molar-refractivity contribution in [2.24, 2.45) is 5.41 Å². The first-order valence-corrected chi connectivity index (χ1v) is 4.70. The van der Waals surface area contributed by atoms with Crippen molar-refractivity contribution >= 4 is 5.97 Å². The van der Waals surface area contributed by atoms with Gasteiger partial charge in [-0.15, -0.1) is 0 Å². The Morgan fingerprint density at radius 3 is 2.00 bits per heavy atom. The minimum Gasteiger partial charge on any atom is -0.483 e. The number of hydrogen-bond donors (Lipinski definition) is 1. The van der Waals surface area contributed by atoms with Crippen molar-refractivity contribution in [2.45, 2.75) is 46.5 Å². The second-order valence-corrected chi connectivity index (χ2v) is 3.16. The van der Waals surface area contributed by atoms with E-state index in [0.717, 1.165) is 12.8 Å². The fourth-order valence-electron chi connectivity index (χ4n) is 1.35. The maximum Gasteiger partial charge on any atom is 0.279 e. The van der Waals surface area contributed by atoms with Crippen LogP contribution in [-0.4, -0.2) is 11.1 Å². The Labute approximate surface area is 100 Å². The molecule has 0 saturated heterocycles. The van der Waals surface area contributed by atoms with Gasteiger partial charge in [0.05, 0.1) is 0 Å². The summed E-state index contributed by atoms with van der Waals surface area (Å²) >= 11 is 0. The van der Waals surface area contributed by atoms with Crippen LogP contribution < -0.4 is 0 Å².